The van der Waals surface area contributed by atoms with Crippen LogP contribution in [0.15, 0.2) is 0 Å². The molecule has 0 saturated carbocycles. The Bertz CT molecular complexity index is 276. The molecule has 1 aliphatic rings. The summed E-state index contributed by atoms with van der Waals surface area (Å²) in [6.45, 7) is 6.86. The molecule has 0 aromatic rings. The summed E-state index contributed by atoms with van der Waals surface area (Å²) in [7, 11) is 0. The smallest absolute Gasteiger partial charge is 0.310 e. The van der Waals surface area contributed by atoms with Crippen LogP contribution in [0, 0.1) is 5.92 Å². The highest BCUT2D eigenvalue weighted by molar-refractivity contribution is 5.73. The van der Waals surface area contributed by atoms with Crippen molar-refractivity contribution in [3.8, 4) is 0 Å². The Morgan fingerprint density at radius 1 is 1.40 bits per heavy atom. The zero-order chi connectivity index (χ0) is 12.0. The summed E-state index contributed by atoms with van der Waals surface area (Å²) >= 11 is 0. The summed E-state index contributed by atoms with van der Waals surface area (Å²) in [4.78, 5) is 11.1. The molecule has 3 N–H and O–H groups in total. The first-order valence-corrected chi connectivity index (χ1v) is 5.06. The zero-order valence-electron chi connectivity index (χ0n) is 9.65. The van der Waals surface area contributed by atoms with Crippen LogP contribution in [0.1, 0.15) is 34.1 Å². The van der Waals surface area contributed by atoms with Crippen molar-refractivity contribution in [3.05, 3.63) is 0 Å². The average Bonchev–Trinajstić information content (AvgIpc) is 1.98. The molecule has 1 saturated heterocycles. The first-order chi connectivity index (χ1) is 6.60. The number of nitrogens with two attached hydrogens (primary N) is 1. The van der Waals surface area contributed by atoms with E-state index in [4.69, 9.17) is 10.8 Å². The van der Waals surface area contributed by atoms with Crippen molar-refractivity contribution in [3.63, 3.8) is 0 Å². The van der Waals surface area contributed by atoms with Gasteiger partial charge in [-0.2, -0.15) is 0 Å². The van der Waals surface area contributed by atoms with Gasteiger partial charge >= 0.3 is 5.97 Å². The second kappa shape index (κ2) is 3.43. The third kappa shape index (κ3) is 1.87. The fraction of sp³-hybridized carbons (Fsp3) is 0.900. The third-order valence-electron chi connectivity index (χ3n) is 3.26. The fourth-order valence-electron chi connectivity index (χ4n) is 2.69. The Balaban J connectivity index is 3.10. The molecule has 0 aromatic carbocycles. The summed E-state index contributed by atoms with van der Waals surface area (Å²) in [5, 5.41) is 22.0. The fourth-order valence-corrected chi connectivity index (χ4v) is 2.69. The maximum Gasteiger partial charge on any atom is 0.310 e. The van der Waals surface area contributed by atoms with Crippen LogP contribution in [0.2, 0.25) is 0 Å². The molecular weight excluding hydrogens is 196 g/mol. The predicted octanol–water partition coefficient (Wildman–Crippen LogP) is 0.623. The predicted molar refractivity (Wildman–Crippen MR) is 54.4 cm³/mol. The Morgan fingerprint density at radius 3 is 2.27 bits per heavy atom. The van der Waals surface area contributed by atoms with Crippen molar-refractivity contribution >= 4 is 5.97 Å². The Labute approximate surface area is 89.8 Å². The molecule has 87 valence electrons. The van der Waals surface area contributed by atoms with Gasteiger partial charge in [0.2, 0.25) is 0 Å². The van der Waals surface area contributed by atoms with Gasteiger partial charge in [0.05, 0.1) is 11.5 Å². The number of carboxylic acid groups (broad SMARTS) is 1. The van der Waals surface area contributed by atoms with Crippen molar-refractivity contribution in [1.29, 1.82) is 0 Å². The molecule has 0 aliphatic carbocycles. The number of carbonyl (C=O) groups is 1. The largest absolute Gasteiger partial charge is 0.481 e. The minimum atomic E-state index is -0.996. The van der Waals surface area contributed by atoms with E-state index in [1.54, 1.807) is 27.7 Å². The highest BCUT2D eigenvalue weighted by Crippen LogP contribution is 2.40. The topological polar surface area (TPSA) is 86.5 Å². The van der Waals surface area contributed by atoms with Crippen LogP contribution in [-0.4, -0.2) is 33.3 Å². The monoisotopic (exact) mass is 215 g/mol. The normalized spacial score (nSPS) is 35.1. The molecule has 1 aliphatic heterocycles. The lowest BCUT2D eigenvalue weighted by Crippen LogP contribution is -2.68. The molecule has 1 rings (SSSR count). The first kappa shape index (κ1) is 12.4. The van der Waals surface area contributed by atoms with Crippen molar-refractivity contribution in [2.75, 3.05) is 0 Å². The van der Waals surface area contributed by atoms with E-state index in [0.717, 1.165) is 5.06 Å². The van der Waals surface area contributed by atoms with Gasteiger partial charge in [-0.3, -0.25) is 4.79 Å². The van der Waals surface area contributed by atoms with Crippen molar-refractivity contribution in [2.24, 2.45) is 11.7 Å². The molecule has 5 heteroatoms. The SMILES string of the molecule is CC1(C)C[C@H](N)[C@@H](C(=O)O)C(C)(C)N1[O]. The van der Waals surface area contributed by atoms with E-state index >= 15 is 0 Å². The highest BCUT2D eigenvalue weighted by atomic mass is 16.5. The second-order valence-corrected chi connectivity index (χ2v) is 5.44. The number of nitrogens with zero attached hydrogens (tertiary/aromatic N) is 1. The van der Waals surface area contributed by atoms with Gasteiger partial charge in [0.1, 0.15) is 0 Å². The minimum absolute atomic E-state index is 0.400. The van der Waals surface area contributed by atoms with Gasteiger partial charge in [0.25, 0.3) is 0 Å². The summed E-state index contributed by atoms with van der Waals surface area (Å²) < 4.78 is 0. The molecule has 1 radical (unpaired) electrons. The van der Waals surface area contributed by atoms with Gasteiger partial charge in [0.15, 0.2) is 0 Å². The average molecular weight is 215 g/mol. The van der Waals surface area contributed by atoms with Crippen LogP contribution in [0.5, 0.6) is 0 Å². The molecule has 1 heterocycles. The van der Waals surface area contributed by atoms with Gasteiger partial charge in [0, 0.05) is 11.6 Å². The van der Waals surface area contributed by atoms with E-state index in [1.165, 1.54) is 0 Å². The quantitative estimate of drug-likeness (QED) is 0.671. The number of aliphatic carboxylic acids is 1. The summed E-state index contributed by atoms with van der Waals surface area (Å²) in [5.41, 5.74) is 4.28. The van der Waals surface area contributed by atoms with E-state index in [0.29, 0.717) is 6.42 Å². The third-order valence-corrected chi connectivity index (χ3v) is 3.26. The number of hydrogen-bond donors (Lipinski definition) is 2. The number of piperidine rings is 1. The summed E-state index contributed by atoms with van der Waals surface area (Å²) in [5.74, 6) is -1.81. The first-order valence-electron chi connectivity index (χ1n) is 5.06. The summed E-state index contributed by atoms with van der Waals surface area (Å²) in [6.07, 6.45) is 0.400. The van der Waals surface area contributed by atoms with Gasteiger partial charge in [-0.05, 0) is 34.1 Å². The highest BCUT2D eigenvalue weighted by Gasteiger charge is 2.54. The van der Waals surface area contributed by atoms with Crippen LogP contribution in [0.3, 0.4) is 0 Å². The molecule has 2 atom stereocenters. The van der Waals surface area contributed by atoms with Gasteiger partial charge in [-0.1, -0.05) is 0 Å². The molecule has 15 heavy (non-hydrogen) atoms. The van der Waals surface area contributed by atoms with E-state index in [9.17, 15) is 10.0 Å². The van der Waals surface area contributed by atoms with Crippen LogP contribution in [0.25, 0.3) is 0 Å². The van der Waals surface area contributed by atoms with E-state index in [2.05, 4.69) is 0 Å². The van der Waals surface area contributed by atoms with Crippen LogP contribution in [-0.2, 0) is 10.0 Å². The molecule has 0 aromatic heterocycles. The molecule has 0 amide bonds. The standard InChI is InChI=1S/C10H19N2O3/c1-9(2)5-6(11)7(8(13)14)10(3,4)12(9)15/h6-7H,5,11H2,1-4H3,(H,13,14)/t6-,7-/m0/s1. The number of hydroxylamine groups is 2. The van der Waals surface area contributed by atoms with E-state index in [-0.39, 0.29) is 0 Å². The Morgan fingerprint density at radius 2 is 1.87 bits per heavy atom. The van der Waals surface area contributed by atoms with Crippen molar-refractivity contribution in [1.82, 2.24) is 5.06 Å². The maximum atomic E-state index is 12.0. The van der Waals surface area contributed by atoms with Crippen LogP contribution in [0.4, 0.5) is 0 Å². The number of hydrogen-bond acceptors (Lipinski definition) is 3. The lowest BCUT2D eigenvalue weighted by atomic mass is 9.71. The lowest BCUT2D eigenvalue weighted by Gasteiger charge is -2.52. The molecular formula is C10H19N2O3. The zero-order valence-corrected chi connectivity index (χ0v) is 9.65. The van der Waals surface area contributed by atoms with Crippen molar-refractivity contribution in [2.45, 2.75) is 51.2 Å². The molecule has 5 nitrogen and oxygen atoms in total. The van der Waals surface area contributed by atoms with E-state index < -0.39 is 29.0 Å². The number of rotatable bonds is 1. The van der Waals surface area contributed by atoms with Crippen LogP contribution < -0.4 is 5.73 Å². The minimum Gasteiger partial charge on any atom is -0.481 e. The van der Waals surface area contributed by atoms with Gasteiger partial charge in [-0.15, -0.1) is 10.3 Å². The molecule has 1 fully saturated rings. The second-order valence-electron chi connectivity index (χ2n) is 5.44. The van der Waals surface area contributed by atoms with E-state index in [1.807, 2.05) is 0 Å². The molecule has 0 unspecified atom stereocenters. The lowest BCUT2D eigenvalue weighted by molar-refractivity contribution is -0.302. The van der Waals surface area contributed by atoms with Gasteiger partial charge < -0.3 is 10.8 Å². The maximum absolute atomic E-state index is 12.0. The van der Waals surface area contributed by atoms with Crippen molar-refractivity contribution < 1.29 is 15.1 Å². The Hall–Kier alpha value is -0.650. The number of carboxylic acids is 1. The molecule has 0 bridgehead atoms. The van der Waals surface area contributed by atoms with Gasteiger partial charge in [-0.25, -0.2) is 0 Å². The summed E-state index contributed by atoms with van der Waals surface area (Å²) in [6, 6.07) is -0.474. The van der Waals surface area contributed by atoms with Crippen LogP contribution >= 0.6 is 0 Å². The molecule has 0 spiro atoms. The Kier molecular flexibility index (Phi) is 2.84.